The number of para-hydroxylation sites is 2. The molecule has 5 rings (SSSR count). The van der Waals surface area contributed by atoms with Crippen molar-refractivity contribution >= 4 is 17.9 Å². The number of anilines is 1. The van der Waals surface area contributed by atoms with Gasteiger partial charge in [-0.2, -0.15) is 5.10 Å². The third kappa shape index (κ3) is 5.42. The molecule has 2 fully saturated rings. The Bertz CT molecular complexity index is 1180. The number of aromatic nitrogens is 3. The monoisotopic (exact) mass is 497 g/mol. The highest BCUT2D eigenvalue weighted by molar-refractivity contribution is 7.71. The van der Waals surface area contributed by atoms with Crippen molar-refractivity contribution in [3.05, 3.63) is 59.1 Å². The molecule has 2 aliphatic heterocycles. The quantitative estimate of drug-likeness (QED) is 0.425. The number of ether oxygens (including phenoxy) is 2. The summed E-state index contributed by atoms with van der Waals surface area (Å²) in [7, 11) is 0. The van der Waals surface area contributed by atoms with Gasteiger partial charge in [0.1, 0.15) is 11.6 Å². The molecule has 1 unspecified atom stereocenters. The maximum atomic E-state index is 13.6. The zero-order valence-electron chi connectivity index (χ0n) is 20.1. The van der Waals surface area contributed by atoms with Gasteiger partial charge in [0.05, 0.1) is 31.6 Å². The average molecular weight is 498 g/mol. The first-order valence-corrected chi connectivity index (χ1v) is 12.8. The number of nitrogens with zero attached hydrogens (tertiary/aromatic N) is 5. The average Bonchev–Trinajstić information content (AvgIpc) is 3.50. The van der Waals surface area contributed by atoms with Gasteiger partial charge in [0.15, 0.2) is 10.6 Å². The van der Waals surface area contributed by atoms with E-state index in [1.165, 1.54) is 12.1 Å². The Kier molecular flexibility index (Phi) is 7.46. The molecular weight excluding hydrogens is 465 g/mol. The van der Waals surface area contributed by atoms with Crippen LogP contribution in [0.2, 0.25) is 0 Å². The van der Waals surface area contributed by atoms with Crippen molar-refractivity contribution < 1.29 is 13.9 Å². The molecule has 0 N–H and O–H groups in total. The van der Waals surface area contributed by atoms with Crippen molar-refractivity contribution in [1.82, 2.24) is 19.2 Å². The van der Waals surface area contributed by atoms with E-state index >= 15 is 0 Å². The van der Waals surface area contributed by atoms with E-state index in [2.05, 4.69) is 21.9 Å². The van der Waals surface area contributed by atoms with Crippen LogP contribution in [-0.4, -0.2) is 64.7 Å². The summed E-state index contributed by atoms with van der Waals surface area (Å²) in [6, 6.07) is 14.7. The van der Waals surface area contributed by atoms with E-state index in [9.17, 15) is 4.39 Å². The zero-order chi connectivity index (χ0) is 24.2. The molecule has 2 aliphatic rings. The minimum Gasteiger partial charge on any atom is -0.492 e. The molecule has 0 aliphatic carbocycles. The molecule has 2 aromatic carbocycles. The second-order valence-electron chi connectivity index (χ2n) is 9.01. The molecule has 0 bridgehead atoms. The fraction of sp³-hybridized carbons (Fsp3) is 0.462. The largest absolute Gasteiger partial charge is 0.492 e. The highest BCUT2D eigenvalue weighted by Crippen LogP contribution is 2.29. The summed E-state index contributed by atoms with van der Waals surface area (Å²) in [5, 5.41) is 4.88. The van der Waals surface area contributed by atoms with Crippen LogP contribution in [-0.2, 0) is 18.0 Å². The Morgan fingerprint density at radius 2 is 1.86 bits per heavy atom. The summed E-state index contributed by atoms with van der Waals surface area (Å²) in [4.78, 5) is 4.74. The molecule has 186 valence electrons. The van der Waals surface area contributed by atoms with Gasteiger partial charge in [-0.15, -0.1) is 0 Å². The fourth-order valence-electron chi connectivity index (χ4n) is 4.82. The van der Waals surface area contributed by atoms with E-state index in [0.29, 0.717) is 24.6 Å². The van der Waals surface area contributed by atoms with Crippen molar-refractivity contribution in [3.8, 4) is 17.1 Å². The van der Waals surface area contributed by atoms with Crippen LogP contribution in [0.1, 0.15) is 19.8 Å². The maximum absolute atomic E-state index is 13.6. The first-order chi connectivity index (χ1) is 17.1. The normalized spacial score (nSPS) is 18.8. The fourth-order valence-corrected chi connectivity index (χ4v) is 5.08. The minimum absolute atomic E-state index is 0.132. The Hall–Kier alpha value is -2.75. The smallest absolute Gasteiger partial charge is 0.199 e. The van der Waals surface area contributed by atoms with Crippen molar-refractivity contribution in [2.45, 2.75) is 39.1 Å². The van der Waals surface area contributed by atoms with E-state index in [1.807, 2.05) is 28.3 Å². The van der Waals surface area contributed by atoms with Gasteiger partial charge in [-0.3, -0.25) is 9.47 Å². The van der Waals surface area contributed by atoms with Crippen LogP contribution in [0.5, 0.6) is 5.75 Å². The van der Waals surface area contributed by atoms with Gasteiger partial charge in [0, 0.05) is 38.3 Å². The third-order valence-electron chi connectivity index (χ3n) is 6.65. The Morgan fingerprint density at radius 1 is 1.09 bits per heavy atom. The minimum atomic E-state index is -0.263. The van der Waals surface area contributed by atoms with Gasteiger partial charge < -0.3 is 14.4 Å². The number of rotatable bonds is 8. The number of hydrogen-bond acceptors (Lipinski definition) is 6. The van der Waals surface area contributed by atoms with Crippen LogP contribution < -0.4 is 9.64 Å². The predicted octanol–water partition coefficient (Wildman–Crippen LogP) is 4.58. The summed E-state index contributed by atoms with van der Waals surface area (Å²) in [6.07, 6.45) is 2.21. The van der Waals surface area contributed by atoms with Gasteiger partial charge in [0.2, 0.25) is 0 Å². The zero-order valence-corrected chi connectivity index (χ0v) is 20.9. The molecule has 3 aromatic rings. The molecular formula is C26H32FN5O2S. The van der Waals surface area contributed by atoms with Gasteiger partial charge >= 0.3 is 0 Å². The summed E-state index contributed by atoms with van der Waals surface area (Å²) >= 11 is 5.87. The second kappa shape index (κ2) is 10.9. The first kappa shape index (κ1) is 24.0. The molecule has 3 heterocycles. The van der Waals surface area contributed by atoms with Crippen LogP contribution in [0.3, 0.4) is 0 Å². The summed E-state index contributed by atoms with van der Waals surface area (Å²) in [6.45, 7) is 8.32. The van der Waals surface area contributed by atoms with E-state index < -0.39 is 0 Å². The lowest BCUT2D eigenvalue weighted by atomic mass is 10.2. The molecule has 0 saturated carbocycles. The lowest BCUT2D eigenvalue weighted by Gasteiger charge is -2.36. The van der Waals surface area contributed by atoms with Crippen molar-refractivity contribution in [3.63, 3.8) is 0 Å². The SMILES string of the molecule is CCOc1ccccc1N1CCN(Cn2nc(-c3ccc(F)cc3)n(CC3CCCO3)c2=S)CC1. The van der Waals surface area contributed by atoms with E-state index in [4.69, 9.17) is 26.8 Å². The number of benzene rings is 2. The van der Waals surface area contributed by atoms with Crippen molar-refractivity contribution in [1.29, 1.82) is 0 Å². The molecule has 35 heavy (non-hydrogen) atoms. The number of piperazine rings is 1. The molecule has 0 spiro atoms. The number of halogens is 1. The van der Waals surface area contributed by atoms with Crippen molar-refractivity contribution in [2.75, 3.05) is 44.3 Å². The lowest BCUT2D eigenvalue weighted by Crippen LogP contribution is -2.47. The summed E-state index contributed by atoms with van der Waals surface area (Å²) in [5.41, 5.74) is 2.00. The third-order valence-corrected chi connectivity index (χ3v) is 7.08. The molecule has 7 nitrogen and oxygen atoms in total. The molecule has 9 heteroatoms. The van der Waals surface area contributed by atoms with E-state index in [1.54, 1.807) is 12.1 Å². The Morgan fingerprint density at radius 3 is 2.57 bits per heavy atom. The van der Waals surface area contributed by atoms with Crippen molar-refractivity contribution in [2.24, 2.45) is 0 Å². The van der Waals surface area contributed by atoms with E-state index in [-0.39, 0.29) is 11.9 Å². The van der Waals surface area contributed by atoms with Crippen LogP contribution in [0.25, 0.3) is 11.4 Å². The lowest BCUT2D eigenvalue weighted by molar-refractivity contribution is 0.0966. The molecule has 2 saturated heterocycles. The standard InChI is InChI=1S/C26H32FN5O2S/c1-2-33-24-8-4-3-7-23(24)30-15-13-29(14-16-30)19-32-26(35)31(18-22-6-5-17-34-22)25(28-32)20-9-11-21(27)12-10-20/h3-4,7-12,22H,2,5-6,13-19H2,1H3. The topological polar surface area (TPSA) is 47.7 Å². The van der Waals surface area contributed by atoms with E-state index in [0.717, 1.165) is 68.5 Å². The van der Waals surface area contributed by atoms with Crippen LogP contribution in [0, 0.1) is 10.6 Å². The Labute approximate surface area is 210 Å². The Balaban J connectivity index is 1.32. The first-order valence-electron chi connectivity index (χ1n) is 12.4. The predicted molar refractivity (Wildman–Crippen MR) is 137 cm³/mol. The summed E-state index contributed by atoms with van der Waals surface area (Å²) in [5.74, 6) is 1.43. The molecule has 0 amide bonds. The van der Waals surface area contributed by atoms with Gasteiger partial charge in [-0.1, -0.05) is 12.1 Å². The van der Waals surface area contributed by atoms with Gasteiger partial charge in [-0.25, -0.2) is 9.07 Å². The van der Waals surface area contributed by atoms with Crippen LogP contribution in [0.4, 0.5) is 10.1 Å². The highest BCUT2D eigenvalue weighted by Gasteiger charge is 2.23. The van der Waals surface area contributed by atoms with Crippen LogP contribution >= 0.6 is 12.2 Å². The highest BCUT2D eigenvalue weighted by atomic mass is 32.1. The van der Waals surface area contributed by atoms with Crippen LogP contribution in [0.15, 0.2) is 48.5 Å². The second-order valence-corrected chi connectivity index (χ2v) is 9.37. The van der Waals surface area contributed by atoms with Gasteiger partial charge in [-0.05, 0) is 68.4 Å². The number of hydrogen-bond donors (Lipinski definition) is 0. The molecule has 0 radical (unpaired) electrons. The maximum Gasteiger partial charge on any atom is 0.199 e. The summed E-state index contributed by atoms with van der Waals surface area (Å²) < 4.78 is 29.9. The van der Waals surface area contributed by atoms with Gasteiger partial charge in [0.25, 0.3) is 0 Å². The molecule has 1 aromatic heterocycles. The molecule has 1 atom stereocenters.